The van der Waals surface area contributed by atoms with Crippen molar-refractivity contribution in [2.75, 3.05) is 38.1 Å². The van der Waals surface area contributed by atoms with E-state index >= 15 is 0 Å². The summed E-state index contributed by atoms with van der Waals surface area (Å²) in [6, 6.07) is 14.6. The number of hydrogen-bond acceptors (Lipinski definition) is 6. The largest absolute Gasteiger partial charge is 0.412 e. The number of imidazole rings is 1. The number of nitrogens with one attached hydrogen (secondary N) is 1. The Bertz CT molecular complexity index is 948. The number of benzene rings is 2. The molecule has 2 aromatic carbocycles. The van der Waals surface area contributed by atoms with Crippen molar-refractivity contribution in [3.63, 3.8) is 0 Å². The van der Waals surface area contributed by atoms with Crippen molar-refractivity contribution in [2.45, 2.75) is 9.79 Å². The molecule has 0 unspecified atom stereocenters. The van der Waals surface area contributed by atoms with Crippen LogP contribution in [0.25, 0.3) is 11.0 Å². The number of carbonyl (C=O) groups is 1. The molecule has 8 heteroatoms. The number of aromatic amines is 1. The molecule has 0 atom stereocenters. The number of ether oxygens (including phenoxy) is 1. The van der Waals surface area contributed by atoms with Crippen LogP contribution in [0.15, 0.2) is 52.3 Å². The van der Waals surface area contributed by atoms with Gasteiger partial charge in [-0.15, -0.1) is 0 Å². The highest BCUT2D eigenvalue weighted by Crippen LogP contribution is 2.31. The van der Waals surface area contributed by atoms with Crippen LogP contribution in [0, 0.1) is 0 Å². The van der Waals surface area contributed by atoms with Crippen molar-refractivity contribution in [3.05, 3.63) is 42.5 Å². The Labute approximate surface area is 161 Å². The summed E-state index contributed by atoms with van der Waals surface area (Å²) in [5, 5.41) is 0. The van der Waals surface area contributed by atoms with Gasteiger partial charge in [-0.25, -0.2) is 4.79 Å². The van der Waals surface area contributed by atoms with E-state index in [-0.39, 0.29) is 6.01 Å². The first-order chi connectivity index (χ1) is 13.1. The Balaban J connectivity index is 1.46. The molecule has 0 spiro atoms. The van der Waals surface area contributed by atoms with Crippen LogP contribution < -0.4 is 15.4 Å². The molecule has 1 aliphatic rings. The van der Waals surface area contributed by atoms with E-state index < -0.39 is 6.09 Å². The molecule has 1 aliphatic heterocycles. The summed E-state index contributed by atoms with van der Waals surface area (Å²) in [4.78, 5) is 25.0. The SMILES string of the molecule is CN1CCN(c2ccc(Sc3ccc4[nH]c(OC(N)=O)nc4c3)cc2)CC1. The first kappa shape index (κ1) is 17.7. The van der Waals surface area contributed by atoms with Crippen LogP contribution in [0.2, 0.25) is 0 Å². The number of aromatic nitrogens is 2. The Morgan fingerprint density at radius 1 is 1.11 bits per heavy atom. The van der Waals surface area contributed by atoms with E-state index in [1.807, 2.05) is 18.2 Å². The van der Waals surface area contributed by atoms with Crippen molar-refractivity contribution < 1.29 is 9.53 Å². The molecular weight excluding hydrogens is 362 g/mol. The van der Waals surface area contributed by atoms with Crippen molar-refractivity contribution >= 4 is 34.6 Å². The Morgan fingerprint density at radius 2 is 1.81 bits per heavy atom. The summed E-state index contributed by atoms with van der Waals surface area (Å²) in [6.07, 6.45) is -0.885. The maximum atomic E-state index is 10.8. The lowest BCUT2D eigenvalue weighted by Crippen LogP contribution is -2.44. The molecule has 3 aromatic rings. The summed E-state index contributed by atoms with van der Waals surface area (Å²) >= 11 is 1.67. The van der Waals surface area contributed by atoms with Gasteiger partial charge in [0.05, 0.1) is 11.0 Å². The lowest BCUT2D eigenvalue weighted by Gasteiger charge is -2.34. The highest BCUT2D eigenvalue weighted by molar-refractivity contribution is 7.99. The van der Waals surface area contributed by atoms with E-state index in [9.17, 15) is 4.79 Å². The zero-order chi connectivity index (χ0) is 18.8. The molecule has 1 fully saturated rings. The number of fused-ring (bicyclic) bond motifs is 1. The summed E-state index contributed by atoms with van der Waals surface area (Å²) in [6.45, 7) is 4.33. The maximum Gasteiger partial charge on any atom is 0.412 e. The molecule has 0 saturated carbocycles. The van der Waals surface area contributed by atoms with Crippen LogP contribution in [0.5, 0.6) is 6.01 Å². The van der Waals surface area contributed by atoms with Gasteiger partial charge in [0.15, 0.2) is 0 Å². The van der Waals surface area contributed by atoms with Crippen LogP contribution in [-0.2, 0) is 0 Å². The second-order valence-electron chi connectivity index (χ2n) is 6.53. The number of likely N-dealkylation sites (N-methyl/N-ethyl adjacent to an activating group) is 1. The molecule has 140 valence electrons. The van der Waals surface area contributed by atoms with Gasteiger partial charge in [0.25, 0.3) is 0 Å². The van der Waals surface area contributed by atoms with Crippen LogP contribution >= 0.6 is 11.8 Å². The van der Waals surface area contributed by atoms with Crippen LogP contribution in [-0.4, -0.2) is 54.2 Å². The zero-order valence-corrected chi connectivity index (χ0v) is 15.8. The molecule has 2 heterocycles. The van der Waals surface area contributed by atoms with Gasteiger partial charge < -0.3 is 25.3 Å². The second kappa shape index (κ2) is 7.50. The van der Waals surface area contributed by atoms with E-state index in [2.05, 4.69) is 51.1 Å². The topological polar surface area (TPSA) is 87.5 Å². The minimum Gasteiger partial charge on any atom is -0.376 e. The number of amides is 1. The van der Waals surface area contributed by atoms with Crippen molar-refractivity contribution in [3.8, 4) is 6.01 Å². The fourth-order valence-corrected chi connectivity index (χ4v) is 3.95. The van der Waals surface area contributed by atoms with E-state index in [1.54, 1.807) is 11.8 Å². The highest BCUT2D eigenvalue weighted by atomic mass is 32.2. The average Bonchev–Trinajstić information content (AvgIpc) is 3.04. The van der Waals surface area contributed by atoms with Gasteiger partial charge in [0.1, 0.15) is 0 Å². The number of anilines is 1. The molecule has 0 aliphatic carbocycles. The Morgan fingerprint density at radius 3 is 2.52 bits per heavy atom. The lowest BCUT2D eigenvalue weighted by molar-refractivity contribution is 0.207. The smallest absolute Gasteiger partial charge is 0.376 e. The second-order valence-corrected chi connectivity index (χ2v) is 7.68. The molecule has 27 heavy (non-hydrogen) atoms. The predicted octanol–water partition coefficient (Wildman–Crippen LogP) is 2.92. The van der Waals surface area contributed by atoms with E-state index in [4.69, 9.17) is 10.5 Å². The fraction of sp³-hybridized carbons (Fsp3) is 0.263. The van der Waals surface area contributed by atoms with Crippen LogP contribution in [0.4, 0.5) is 10.5 Å². The lowest BCUT2D eigenvalue weighted by atomic mass is 10.2. The minimum atomic E-state index is -0.885. The molecule has 3 N–H and O–H groups in total. The van der Waals surface area contributed by atoms with Crippen molar-refractivity contribution in [2.24, 2.45) is 5.73 Å². The van der Waals surface area contributed by atoms with Gasteiger partial charge >= 0.3 is 12.1 Å². The summed E-state index contributed by atoms with van der Waals surface area (Å²) in [5.41, 5.74) is 7.81. The minimum absolute atomic E-state index is 0.108. The molecular formula is C19H21N5O2S. The van der Waals surface area contributed by atoms with E-state index in [1.165, 1.54) is 5.69 Å². The number of nitrogens with zero attached hydrogens (tertiary/aromatic N) is 3. The number of rotatable bonds is 4. The standard InChI is InChI=1S/C19H21N5O2S/c1-23-8-10-24(11-9-23)13-2-4-14(5-3-13)27-15-6-7-16-17(12-15)22-19(21-16)26-18(20)25/h2-7,12H,8-11H2,1H3,(H2,20,25)(H,21,22). The van der Waals surface area contributed by atoms with Gasteiger partial charge in [-0.2, -0.15) is 4.98 Å². The molecule has 7 nitrogen and oxygen atoms in total. The van der Waals surface area contributed by atoms with Crippen LogP contribution in [0.1, 0.15) is 0 Å². The van der Waals surface area contributed by atoms with Crippen molar-refractivity contribution in [1.82, 2.24) is 14.9 Å². The fourth-order valence-electron chi connectivity index (χ4n) is 3.10. The van der Waals surface area contributed by atoms with Gasteiger partial charge in [-0.1, -0.05) is 11.8 Å². The average molecular weight is 383 g/mol. The normalized spacial score (nSPS) is 15.2. The molecule has 1 aromatic heterocycles. The zero-order valence-electron chi connectivity index (χ0n) is 15.0. The molecule has 1 saturated heterocycles. The van der Waals surface area contributed by atoms with Crippen LogP contribution in [0.3, 0.4) is 0 Å². The number of carbonyl (C=O) groups excluding carboxylic acids is 1. The molecule has 0 bridgehead atoms. The van der Waals surface area contributed by atoms with E-state index in [0.29, 0.717) is 0 Å². The molecule has 4 rings (SSSR count). The quantitative estimate of drug-likeness (QED) is 0.720. The first-order valence-electron chi connectivity index (χ1n) is 8.75. The van der Waals surface area contributed by atoms with Gasteiger partial charge in [-0.05, 0) is 49.5 Å². The first-order valence-corrected chi connectivity index (χ1v) is 9.57. The number of piperazine rings is 1. The molecule has 0 radical (unpaired) electrons. The van der Waals surface area contributed by atoms with Gasteiger partial charge in [0.2, 0.25) is 0 Å². The number of primary amides is 1. The van der Waals surface area contributed by atoms with E-state index in [0.717, 1.165) is 47.0 Å². The third-order valence-corrected chi connectivity index (χ3v) is 5.57. The summed E-state index contributed by atoms with van der Waals surface area (Å²) in [7, 11) is 2.16. The number of H-pyrrole nitrogens is 1. The van der Waals surface area contributed by atoms with Crippen molar-refractivity contribution in [1.29, 1.82) is 0 Å². The Hall–Kier alpha value is -2.71. The molecule has 1 amide bonds. The highest BCUT2D eigenvalue weighted by Gasteiger charge is 2.14. The monoisotopic (exact) mass is 383 g/mol. The number of hydrogen-bond donors (Lipinski definition) is 2. The third kappa shape index (κ3) is 4.17. The van der Waals surface area contributed by atoms with Gasteiger partial charge in [-0.3, -0.25) is 0 Å². The third-order valence-electron chi connectivity index (χ3n) is 4.57. The van der Waals surface area contributed by atoms with Gasteiger partial charge in [0, 0.05) is 41.7 Å². The summed E-state index contributed by atoms with van der Waals surface area (Å²) in [5.74, 6) is 0. The number of nitrogens with two attached hydrogens (primary N) is 1. The predicted molar refractivity (Wildman–Crippen MR) is 107 cm³/mol. The maximum absolute atomic E-state index is 10.8. The summed E-state index contributed by atoms with van der Waals surface area (Å²) < 4.78 is 4.79. The Kier molecular flexibility index (Phi) is 4.91.